The first-order valence-electron chi connectivity index (χ1n) is 12.7. The Kier molecular flexibility index (Phi) is 12.1. The van der Waals surface area contributed by atoms with Crippen LogP contribution in [0.5, 0.6) is 0 Å². The summed E-state index contributed by atoms with van der Waals surface area (Å²) >= 11 is 6.07. The van der Waals surface area contributed by atoms with Crippen LogP contribution in [0.15, 0.2) is 36.5 Å². The summed E-state index contributed by atoms with van der Waals surface area (Å²) in [4.78, 5) is 49.8. The molecular formula is C26H27ClF6N4O7. The fraction of sp³-hybridized carbons (Fsp3) is 0.423. The summed E-state index contributed by atoms with van der Waals surface area (Å²) in [5.41, 5.74) is 7.15. The van der Waals surface area contributed by atoms with Crippen molar-refractivity contribution in [2.45, 2.75) is 62.8 Å². The maximum atomic E-state index is 13.3. The number of halogens is 7. The van der Waals surface area contributed by atoms with Crippen LogP contribution in [0.2, 0.25) is 5.02 Å². The Labute approximate surface area is 250 Å². The molecule has 11 nitrogen and oxygen atoms in total. The molecule has 1 aromatic heterocycles. The molecule has 242 valence electrons. The van der Waals surface area contributed by atoms with Crippen molar-refractivity contribution in [3.63, 3.8) is 0 Å². The summed E-state index contributed by atoms with van der Waals surface area (Å²) in [6.07, 6.45) is -6.45. The molecule has 44 heavy (non-hydrogen) atoms. The number of aliphatic carboxylic acids is 2. The topological polar surface area (TPSA) is 183 Å². The molecule has 2 amide bonds. The summed E-state index contributed by atoms with van der Waals surface area (Å²) in [6, 6.07) is 8.45. The molecule has 2 aromatic rings. The number of fused-ring (bicyclic) bond motifs is 1. The second-order valence-corrected chi connectivity index (χ2v) is 9.91. The molecule has 2 heterocycles. The number of carboxylic acids is 2. The van der Waals surface area contributed by atoms with Gasteiger partial charge in [-0.3, -0.25) is 14.6 Å². The number of hydrogen-bond acceptors (Lipinski definition) is 7. The van der Waals surface area contributed by atoms with E-state index >= 15 is 0 Å². The molecule has 0 spiro atoms. The second-order valence-electron chi connectivity index (χ2n) is 9.47. The molecule has 0 radical (unpaired) electrons. The van der Waals surface area contributed by atoms with Crippen LogP contribution in [0.3, 0.4) is 0 Å². The van der Waals surface area contributed by atoms with Crippen LogP contribution in [0, 0.1) is 0 Å². The van der Waals surface area contributed by atoms with Crippen molar-refractivity contribution in [3.8, 4) is 0 Å². The molecule has 1 saturated heterocycles. The van der Waals surface area contributed by atoms with Gasteiger partial charge in [0, 0.05) is 30.9 Å². The number of carbonyl (C=O) groups excluding carboxylic acids is 2. The number of carbonyl (C=O) groups is 4. The molecule has 0 bridgehead atoms. The molecule has 2 atom stereocenters. The third kappa shape index (κ3) is 9.27. The lowest BCUT2D eigenvalue weighted by Gasteiger charge is -2.31. The van der Waals surface area contributed by atoms with E-state index in [2.05, 4.69) is 10.3 Å². The average Bonchev–Trinajstić information content (AvgIpc) is 3.57. The fourth-order valence-electron chi connectivity index (χ4n) is 4.43. The van der Waals surface area contributed by atoms with Gasteiger partial charge in [-0.15, -0.1) is 0 Å². The van der Waals surface area contributed by atoms with Gasteiger partial charge in [-0.1, -0.05) is 23.7 Å². The number of pyridine rings is 1. The van der Waals surface area contributed by atoms with Crippen molar-refractivity contribution in [3.05, 3.63) is 63.9 Å². The van der Waals surface area contributed by atoms with Crippen LogP contribution in [0.4, 0.5) is 26.3 Å². The monoisotopic (exact) mass is 656 g/mol. The number of aromatic nitrogens is 1. The predicted molar refractivity (Wildman–Crippen MR) is 140 cm³/mol. The highest BCUT2D eigenvalue weighted by Gasteiger charge is 2.50. The number of carboxylic acid groups (broad SMARTS) is 2. The summed E-state index contributed by atoms with van der Waals surface area (Å²) in [5, 5.41) is 28.9. The van der Waals surface area contributed by atoms with E-state index in [1.807, 2.05) is 12.1 Å². The van der Waals surface area contributed by atoms with Gasteiger partial charge in [0.2, 0.25) is 5.91 Å². The number of amides is 2. The summed E-state index contributed by atoms with van der Waals surface area (Å²) in [6.45, 7) is 1.06. The Hall–Kier alpha value is -3.96. The minimum atomic E-state index is -5.08. The van der Waals surface area contributed by atoms with E-state index in [0.717, 1.165) is 16.7 Å². The zero-order chi connectivity index (χ0) is 33.5. The highest BCUT2D eigenvalue weighted by molar-refractivity contribution is 6.30. The molecule has 0 saturated carbocycles. The molecule has 1 unspecified atom stereocenters. The number of alkyl halides is 6. The molecule has 4 rings (SSSR count). The number of benzene rings is 1. The molecule has 1 aliphatic carbocycles. The number of aliphatic hydroxyl groups is 1. The first-order chi connectivity index (χ1) is 20.3. The summed E-state index contributed by atoms with van der Waals surface area (Å²) < 4.78 is 63.5. The minimum absolute atomic E-state index is 0.244. The van der Waals surface area contributed by atoms with Gasteiger partial charge in [-0.2, -0.15) is 26.3 Å². The number of nitrogens with zero attached hydrogens (tertiary/aromatic N) is 2. The van der Waals surface area contributed by atoms with Crippen LogP contribution in [-0.4, -0.2) is 73.9 Å². The smallest absolute Gasteiger partial charge is 0.475 e. The number of rotatable bonds is 5. The van der Waals surface area contributed by atoms with E-state index in [1.165, 1.54) is 4.90 Å². The minimum Gasteiger partial charge on any atom is -0.475 e. The zero-order valence-electron chi connectivity index (χ0n) is 22.6. The van der Waals surface area contributed by atoms with Gasteiger partial charge in [-0.05, 0) is 60.6 Å². The molecule has 1 fully saturated rings. The van der Waals surface area contributed by atoms with Gasteiger partial charge in [-0.25, -0.2) is 9.59 Å². The number of nitrogens with two attached hydrogens (primary N) is 1. The van der Waals surface area contributed by atoms with Gasteiger partial charge < -0.3 is 31.3 Å². The Morgan fingerprint density at radius 2 is 1.64 bits per heavy atom. The second kappa shape index (κ2) is 14.7. The van der Waals surface area contributed by atoms with E-state index in [4.69, 9.17) is 37.1 Å². The lowest BCUT2D eigenvalue weighted by atomic mass is 9.98. The van der Waals surface area contributed by atoms with Crippen LogP contribution in [-0.2, 0) is 44.3 Å². The lowest BCUT2D eigenvalue weighted by molar-refractivity contribution is -0.193. The number of nitrogens with one attached hydrogen (secondary N) is 1. The van der Waals surface area contributed by atoms with E-state index in [0.29, 0.717) is 43.1 Å². The van der Waals surface area contributed by atoms with E-state index in [-0.39, 0.29) is 18.9 Å². The van der Waals surface area contributed by atoms with Gasteiger partial charge in [0.1, 0.15) is 6.04 Å². The molecule has 6 N–H and O–H groups in total. The Morgan fingerprint density at radius 1 is 1.05 bits per heavy atom. The molecular weight excluding hydrogens is 630 g/mol. The third-order valence-electron chi connectivity index (χ3n) is 6.54. The maximum Gasteiger partial charge on any atom is 0.490 e. The Morgan fingerprint density at radius 3 is 2.18 bits per heavy atom. The first-order valence-corrected chi connectivity index (χ1v) is 13.0. The fourth-order valence-corrected chi connectivity index (χ4v) is 4.63. The van der Waals surface area contributed by atoms with Gasteiger partial charge >= 0.3 is 24.3 Å². The van der Waals surface area contributed by atoms with Gasteiger partial charge in [0.05, 0.1) is 5.69 Å². The molecule has 1 aliphatic heterocycles. The van der Waals surface area contributed by atoms with E-state index < -0.39 is 41.8 Å². The standard InChI is InChI=1S/C22H25ClN4O3.2C2HF3O2/c23-17-6-5-15(12-24)16(11-17)13-26-20(28)18-4-2-10-27(18)21(29)22(30)8-7-14-3-1-9-25-19(14)22;2*3-2(4,5)1(6)7/h1,3,5-6,9,11,18,30H,2,4,7-8,10,12-13,24H2,(H,26,28);2*(H,6,7)/t18-,22?;;/m0../s1. The first kappa shape index (κ1) is 36.2. The Bertz CT molecular complexity index is 1350. The normalized spacial score (nSPS) is 19.1. The average molecular weight is 657 g/mol. The maximum absolute atomic E-state index is 13.3. The number of aryl methyl sites for hydroxylation is 1. The van der Waals surface area contributed by atoms with Crippen molar-refractivity contribution in [2.24, 2.45) is 5.73 Å². The van der Waals surface area contributed by atoms with Crippen molar-refractivity contribution < 1.29 is 60.8 Å². The van der Waals surface area contributed by atoms with E-state index in [9.17, 15) is 41.0 Å². The van der Waals surface area contributed by atoms with E-state index in [1.54, 1.807) is 24.4 Å². The highest BCUT2D eigenvalue weighted by atomic mass is 35.5. The Balaban J connectivity index is 0.000000402. The SMILES string of the molecule is NCc1ccc(Cl)cc1CNC(=O)[C@@H]1CCCN1C(=O)C1(O)CCc2cccnc21.O=C(O)C(F)(F)F.O=C(O)C(F)(F)F. The third-order valence-corrected chi connectivity index (χ3v) is 6.77. The molecule has 18 heteroatoms. The van der Waals surface area contributed by atoms with Crippen LogP contribution in [0.25, 0.3) is 0 Å². The van der Waals surface area contributed by atoms with Crippen molar-refractivity contribution in [2.75, 3.05) is 6.54 Å². The number of likely N-dealkylation sites (tertiary alicyclic amines) is 1. The molecule has 1 aromatic carbocycles. The van der Waals surface area contributed by atoms with Crippen LogP contribution >= 0.6 is 11.6 Å². The lowest BCUT2D eigenvalue weighted by Crippen LogP contribution is -2.52. The van der Waals surface area contributed by atoms with Crippen molar-refractivity contribution in [1.82, 2.24) is 15.2 Å². The van der Waals surface area contributed by atoms with Gasteiger partial charge in [0.25, 0.3) is 5.91 Å². The van der Waals surface area contributed by atoms with Gasteiger partial charge in [0.15, 0.2) is 5.60 Å². The largest absolute Gasteiger partial charge is 0.490 e. The highest BCUT2D eigenvalue weighted by Crippen LogP contribution is 2.38. The summed E-state index contributed by atoms with van der Waals surface area (Å²) in [7, 11) is 0. The quantitative estimate of drug-likeness (QED) is 0.302. The number of hydrogen-bond donors (Lipinski definition) is 5. The zero-order valence-corrected chi connectivity index (χ0v) is 23.3. The summed E-state index contributed by atoms with van der Waals surface area (Å²) in [5.74, 6) is -6.20. The van der Waals surface area contributed by atoms with Crippen molar-refractivity contribution in [1.29, 1.82) is 0 Å². The molecule has 2 aliphatic rings. The predicted octanol–water partition coefficient (Wildman–Crippen LogP) is 2.90. The van der Waals surface area contributed by atoms with Crippen molar-refractivity contribution >= 4 is 35.4 Å². The van der Waals surface area contributed by atoms with Crippen LogP contribution < -0.4 is 11.1 Å². The van der Waals surface area contributed by atoms with Crippen LogP contribution in [0.1, 0.15) is 41.6 Å².